The van der Waals surface area contributed by atoms with Crippen molar-refractivity contribution in [1.29, 1.82) is 0 Å². The lowest BCUT2D eigenvalue weighted by Crippen LogP contribution is -2.30. The Morgan fingerprint density at radius 2 is 2.04 bits per heavy atom. The molecule has 1 aromatic carbocycles. The van der Waals surface area contributed by atoms with E-state index in [-0.39, 0.29) is 35.2 Å². The van der Waals surface area contributed by atoms with Crippen LogP contribution in [0.2, 0.25) is 0 Å². The van der Waals surface area contributed by atoms with Crippen LogP contribution in [0.25, 0.3) is 0 Å². The van der Waals surface area contributed by atoms with E-state index < -0.39 is 5.91 Å². The number of nitrogens with zero attached hydrogens (tertiary/aromatic N) is 2. The number of methoxy groups -OCH3 is 2. The van der Waals surface area contributed by atoms with E-state index >= 15 is 0 Å². The molecule has 3 atom stereocenters. The van der Waals surface area contributed by atoms with Crippen LogP contribution in [-0.4, -0.2) is 37.1 Å². The monoisotopic (exact) mass is 344 g/mol. The number of Topliss-reactive ketones (excluding diaryl/α,β-unsaturated/α-hetero) is 1. The van der Waals surface area contributed by atoms with Crippen molar-refractivity contribution in [1.82, 2.24) is 0 Å². The summed E-state index contributed by atoms with van der Waals surface area (Å²) in [5, 5.41) is 17.7. The summed E-state index contributed by atoms with van der Waals surface area (Å²) >= 11 is 0. The number of carbonyl (C=O) groups excluding carboxylic acids is 2. The van der Waals surface area contributed by atoms with Crippen molar-refractivity contribution in [2.45, 2.75) is 25.4 Å². The van der Waals surface area contributed by atoms with Crippen LogP contribution in [-0.2, 0) is 9.53 Å². The van der Waals surface area contributed by atoms with Crippen LogP contribution in [0.5, 0.6) is 5.75 Å². The van der Waals surface area contributed by atoms with E-state index in [9.17, 15) is 14.7 Å². The molecule has 1 fully saturated rings. The van der Waals surface area contributed by atoms with E-state index in [4.69, 9.17) is 9.47 Å². The minimum atomic E-state index is -0.600. The van der Waals surface area contributed by atoms with Crippen molar-refractivity contribution in [2.75, 3.05) is 14.2 Å². The van der Waals surface area contributed by atoms with E-state index in [1.807, 2.05) is 0 Å². The van der Waals surface area contributed by atoms with E-state index in [1.165, 1.54) is 13.2 Å². The number of ether oxygens (including phenoxy) is 2. The molecule has 1 saturated carbocycles. The fraction of sp³-hybridized carbons (Fsp3) is 0.444. The number of ketones is 1. The fourth-order valence-electron chi connectivity index (χ4n) is 3.45. The average Bonchev–Trinajstić information content (AvgIpc) is 2.89. The summed E-state index contributed by atoms with van der Waals surface area (Å²) in [6.07, 6.45) is 1.99. The molecule has 2 aliphatic rings. The zero-order chi connectivity index (χ0) is 18.0. The topological polar surface area (TPSA) is 97.6 Å². The summed E-state index contributed by atoms with van der Waals surface area (Å²) in [6.45, 7) is 0. The number of hydrogen-bond donors (Lipinski definition) is 1. The van der Waals surface area contributed by atoms with Crippen LogP contribution in [0.1, 0.15) is 29.6 Å². The van der Waals surface area contributed by atoms with Gasteiger partial charge < -0.3 is 14.6 Å². The third-order valence-corrected chi connectivity index (χ3v) is 4.86. The lowest BCUT2D eigenvalue weighted by Gasteiger charge is -2.29. The molecule has 1 N–H and O–H groups in total. The Bertz CT molecular complexity index is 756. The number of allylic oxidation sites excluding steroid dienone is 2. The molecular formula is C18H20N2O5. The molecule has 3 unspecified atom stereocenters. The number of fused-ring (bicyclic) bond motifs is 1. The highest BCUT2D eigenvalue weighted by Crippen LogP contribution is 2.43. The van der Waals surface area contributed by atoms with Crippen molar-refractivity contribution in [3.05, 3.63) is 41.3 Å². The maximum atomic E-state index is 12.5. The molecule has 0 spiro atoms. The first kappa shape index (κ1) is 17.3. The van der Waals surface area contributed by atoms with Crippen LogP contribution < -0.4 is 4.74 Å². The number of hydrogen-bond acceptors (Lipinski definition) is 6. The van der Waals surface area contributed by atoms with Crippen molar-refractivity contribution in [2.24, 2.45) is 22.1 Å². The van der Waals surface area contributed by atoms with E-state index in [0.717, 1.165) is 6.42 Å². The molecule has 0 bridgehead atoms. The number of aliphatic hydroxyl groups is 1. The highest BCUT2D eigenvalue weighted by atomic mass is 16.5. The number of carbonyl (C=O) groups is 2. The molecule has 1 aromatic rings. The fourth-order valence-corrected chi connectivity index (χ4v) is 3.45. The van der Waals surface area contributed by atoms with E-state index in [0.29, 0.717) is 24.2 Å². The SMILES string of the molecule is COc1cccc(C(=O)N=NC2=C(O)C3CC(OC)CCC3C2=O)c1. The van der Waals surface area contributed by atoms with Gasteiger partial charge in [-0.05, 0) is 37.5 Å². The van der Waals surface area contributed by atoms with Gasteiger partial charge in [-0.3, -0.25) is 9.59 Å². The summed E-state index contributed by atoms with van der Waals surface area (Å²) in [5.41, 5.74) is 0.188. The first-order valence-electron chi connectivity index (χ1n) is 8.15. The van der Waals surface area contributed by atoms with Gasteiger partial charge in [0.2, 0.25) is 0 Å². The standard InChI is InChI=1S/C18H20N2O5/c1-24-11-5-3-4-10(8-11)18(23)20-19-15-16(21)13-7-6-12(25-2)9-14(13)17(15)22/h3-5,8,12-14,22H,6-7,9H2,1-2H3. The first-order valence-corrected chi connectivity index (χ1v) is 8.15. The summed E-state index contributed by atoms with van der Waals surface area (Å²) in [7, 11) is 3.12. The van der Waals surface area contributed by atoms with Gasteiger partial charge >= 0.3 is 0 Å². The predicted molar refractivity (Wildman–Crippen MR) is 88.5 cm³/mol. The number of benzene rings is 1. The summed E-state index contributed by atoms with van der Waals surface area (Å²) in [6, 6.07) is 6.49. The van der Waals surface area contributed by atoms with Gasteiger partial charge in [-0.15, -0.1) is 10.2 Å². The van der Waals surface area contributed by atoms with Crippen LogP contribution in [0.3, 0.4) is 0 Å². The van der Waals surface area contributed by atoms with Gasteiger partial charge in [-0.2, -0.15) is 0 Å². The van der Waals surface area contributed by atoms with Crippen LogP contribution in [0.15, 0.2) is 46.0 Å². The molecule has 3 rings (SSSR count). The second-order valence-corrected chi connectivity index (χ2v) is 6.22. The average molecular weight is 344 g/mol. The molecule has 25 heavy (non-hydrogen) atoms. The molecule has 0 aliphatic heterocycles. The zero-order valence-electron chi connectivity index (χ0n) is 14.1. The highest BCUT2D eigenvalue weighted by Gasteiger charge is 2.46. The number of aliphatic hydroxyl groups excluding tert-OH is 1. The third-order valence-electron chi connectivity index (χ3n) is 4.86. The molecular weight excluding hydrogens is 324 g/mol. The van der Waals surface area contributed by atoms with Gasteiger partial charge in [-0.1, -0.05) is 6.07 Å². The maximum absolute atomic E-state index is 12.5. The predicted octanol–water partition coefficient (Wildman–Crippen LogP) is 3.07. The van der Waals surface area contributed by atoms with Crippen LogP contribution in [0, 0.1) is 11.8 Å². The smallest absolute Gasteiger partial charge is 0.295 e. The normalized spacial score (nSPS) is 26.2. The Morgan fingerprint density at radius 3 is 2.76 bits per heavy atom. The minimum Gasteiger partial charge on any atom is -0.510 e. The van der Waals surface area contributed by atoms with Crippen LogP contribution >= 0.6 is 0 Å². The molecule has 7 heteroatoms. The van der Waals surface area contributed by atoms with Gasteiger partial charge in [0, 0.05) is 24.5 Å². The summed E-state index contributed by atoms with van der Waals surface area (Å²) < 4.78 is 10.4. The minimum absolute atomic E-state index is 0.0194. The Morgan fingerprint density at radius 1 is 1.24 bits per heavy atom. The van der Waals surface area contributed by atoms with Gasteiger partial charge in [0.15, 0.2) is 11.5 Å². The quantitative estimate of drug-likeness (QED) is 0.847. The van der Waals surface area contributed by atoms with Gasteiger partial charge in [-0.25, -0.2) is 0 Å². The molecule has 1 amide bonds. The molecule has 0 radical (unpaired) electrons. The zero-order valence-corrected chi connectivity index (χ0v) is 14.1. The summed E-state index contributed by atoms with van der Waals surface area (Å²) in [5.74, 6) is -1.01. The molecule has 0 aromatic heterocycles. The lowest BCUT2D eigenvalue weighted by atomic mass is 9.79. The largest absolute Gasteiger partial charge is 0.510 e. The van der Waals surface area contributed by atoms with E-state index in [2.05, 4.69) is 10.2 Å². The molecule has 7 nitrogen and oxygen atoms in total. The van der Waals surface area contributed by atoms with Gasteiger partial charge in [0.1, 0.15) is 11.5 Å². The molecule has 2 aliphatic carbocycles. The Kier molecular flexibility index (Phi) is 4.94. The van der Waals surface area contributed by atoms with Gasteiger partial charge in [0.05, 0.1) is 13.2 Å². The van der Waals surface area contributed by atoms with Crippen molar-refractivity contribution in [3.63, 3.8) is 0 Å². The summed E-state index contributed by atoms with van der Waals surface area (Å²) in [4.78, 5) is 24.6. The van der Waals surface area contributed by atoms with Crippen molar-refractivity contribution >= 4 is 11.7 Å². The lowest BCUT2D eigenvalue weighted by molar-refractivity contribution is -0.121. The maximum Gasteiger partial charge on any atom is 0.295 e. The number of rotatable bonds is 4. The number of amides is 1. The van der Waals surface area contributed by atoms with Crippen molar-refractivity contribution in [3.8, 4) is 5.75 Å². The third kappa shape index (κ3) is 3.32. The van der Waals surface area contributed by atoms with Crippen molar-refractivity contribution < 1.29 is 24.2 Å². The Balaban J connectivity index is 1.79. The highest BCUT2D eigenvalue weighted by molar-refractivity contribution is 6.01. The first-order chi connectivity index (χ1) is 12.0. The number of azo groups is 1. The second kappa shape index (κ2) is 7.14. The Hall–Kier alpha value is -2.54. The van der Waals surface area contributed by atoms with E-state index in [1.54, 1.807) is 25.3 Å². The Labute approximate surface area is 145 Å². The molecule has 132 valence electrons. The van der Waals surface area contributed by atoms with Crippen LogP contribution in [0.4, 0.5) is 0 Å². The molecule has 0 heterocycles. The van der Waals surface area contributed by atoms with Gasteiger partial charge in [0.25, 0.3) is 5.91 Å². The molecule has 0 saturated heterocycles. The second-order valence-electron chi connectivity index (χ2n) is 6.22.